The Hall–Kier alpha value is -1.09. The van der Waals surface area contributed by atoms with Crippen molar-refractivity contribution in [3.8, 4) is 5.75 Å². The maximum absolute atomic E-state index is 9.45. The van der Waals surface area contributed by atoms with Crippen LogP contribution in [0.3, 0.4) is 0 Å². The van der Waals surface area contributed by atoms with Crippen LogP contribution >= 0.6 is 0 Å². The highest BCUT2D eigenvalue weighted by Crippen LogP contribution is 2.14. The summed E-state index contributed by atoms with van der Waals surface area (Å²) in [4.78, 5) is 4.23. The van der Waals surface area contributed by atoms with Crippen molar-refractivity contribution in [2.45, 2.75) is 33.4 Å². The quantitative estimate of drug-likeness (QED) is 0.742. The van der Waals surface area contributed by atoms with E-state index in [0.29, 0.717) is 18.3 Å². The molecule has 0 spiro atoms. The molecule has 0 unspecified atom stereocenters. The van der Waals surface area contributed by atoms with E-state index in [1.54, 1.807) is 12.1 Å². The van der Waals surface area contributed by atoms with E-state index in [1.165, 1.54) is 0 Å². The molecule has 1 heterocycles. The van der Waals surface area contributed by atoms with E-state index in [1.807, 2.05) is 6.92 Å². The van der Waals surface area contributed by atoms with Gasteiger partial charge in [-0.2, -0.15) is 0 Å². The molecule has 0 atom stereocenters. The summed E-state index contributed by atoms with van der Waals surface area (Å²) in [6.07, 6.45) is 0. The number of hydrogen-bond donors (Lipinski definition) is 2. The SMILES string of the molecule is Cc1ccc(O)c(CNC(C)C)n1. The van der Waals surface area contributed by atoms with Gasteiger partial charge in [0, 0.05) is 18.3 Å². The van der Waals surface area contributed by atoms with Crippen LogP contribution in [0.5, 0.6) is 5.75 Å². The van der Waals surface area contributed by atoms with Crippen molar-refractivity contribution in [3.05, 3.63) is 23.5 Å². The largest absolute Gasteiger partial charge is 0.506 e. The van der Waals surface area contributed by atoms with E-state index in [2.05, 4.69) is 24.1 Å². The summed E-state index contributed by atoms with van der Waals surface area (Å²) < 4.78 is 0. The van der Waals surface area contributed by atoms with E-state index in [9.17, 15) is 5.11 Å². The van der Waals surface area contributed by atoms with Crippen molar-refractivity contribution in [2.24, 2.45) is 0 Å². The molecule has 1 rings (SSSR count). The van der Waals surface area contributed by atoms with Crippen LogP contribution in [0, 0.1) is 6.92 Å². The highest BCUT2D eigenvalue weighted by Gasteiger charge is 2.02. The second-order valence-corrected chi connectivity index (χ2v) is 3.45. The molecule has 0 aliphatic heterocycles. The van der Waals surface area contributed by atoms with Crippen LogP contribution in [0.2, 0.25) is 0 Å². The average Bonchev–Trinajstić information content (AvgIpc) is 2.06. The Bertz CT molecular complexity index is 284. The molecule has 1 aromatic rings. The van der Waals surface area contributed by atoms with Gasteiger partial charge in [0.2, 0.25) is 0 Å². The van der Waals surface area contributed by atoms with Gasteiger partial charge >= 0.3 is 0 Å². The van der Waals surface area contributed by atoms with Crippen LogP contribution in [0.25, 0.3) is 0 Å². The number of aromatic hydroxyl groups is 1. The normalized spacial score (nSPS) is 10.8. The van der Waals surface area contributed by atoms with Gasteiger partial charge in [0.15, 0.2) is 0 Å². The third-order valence-electron chi connectivity index (χ3n) is 1.77. The molecule has 0 aromatic carbocycles. The zero-order valence-electron chi connectivity index (χ0n) is 8.33. The van der Waals surface area contributed by atoms with Crippen molar-refractivity contribution >= 4 is 0 Å². The van der Waals surface area contributed by atoms with Gasteiger partial charge in [0.1, 0.15) is 5.75 Å². The predicted molar refractivity (Wildman–Crippen MR) is 52.6 cm³/mol. The summed E-state index contributed by atoms with van der Waals surface area (Å²) in [6, 6.07) is 3.88. The lowest BCUT2D eigenvalue weighted by atomic mass is 10.2. The summed E-state index contributed by atoms with van der Waals surface area (Å²) in [7, 11) is 0. The average molecular weight is 180 g/mol. The van der Waals surface area contributed by atoms with Gasteiger partial charge in [0.25, 0.3) is 0 Å². The summed E-state index contributed by atoms with van der Waals surface area (Å²) in [5.74, 6) is 0.263. The Morgan fingerprint density at radius 2 is 2.15 bits per heavy atom. The summed E-state index contributed by atoms with van der Waals surface area (Å²) in [5, 5.41) is 12.7. The monoisotopic (exact) mass is 180 g/mol. The first-order valence-corrected chi connectivity index (χ1v) is 4.48. The third kappa shape index (κ3) is 3.03. The maximum atomic E-state index is 9.45. The molecule has 0 saturated heterocycles. The van der Waals surface area contributed by atoms with Crippen LogP contribution in [0.4, 0.5) is 0 Å². The zero-order valence-corrected chi connectivity index (χ0v) is 8.33. The molecule has 13 heavy (non-hydrogen) atoms. The Labute approximate surface area is 78.8 Å². The lowest BCUT2D eigenvalue weighted by Crippen LogP contribution is -2.22. The molecule has 0 radical (unpaired) electrons. The second-order valence-electron chi connectivity index (χ2n) is 3.45. The first-order chi connectivity index (χ1) is 6.09. The fourth-order valence-corrected chi connectivity index (χ4v) is 1.03. The molecular formula is C10H16N2O. The van der Waals surface area contributed by atoms with E-state index in [-0.39, 0.29) is 5.75 Å². The first-order valence-electron chi connectivity index (χ1n) is 4.48. The van der Waals surface area contributed by atoms with Crippen molar-refractivity contribution in [2.75, 3.05) is 0 Å². The standard InChI is InChI=1S/C10H16N2O/c1-7(2)11-6-9-10(13)5-4-8(3)12-9/h4-5,7,11,13H,6H2,1-3H3. The molecule has 3 nitrogen and oxygen atoms in total. The third-order valence-corrected chi connectivity index (χ3v) is 1.77. The highest BCUT2D eigenvalue weighted by molar-refractivity contribution is 5.27. The van der Waals surface area contributed by atoms with E-state index in [4.69, 9.17) is 0 Å². The maximum Gasteiger partial charge on any atom is 0.138 e. The lowest BCUT2D eigenvalue weighted by molar-refractivity contribution is 0.455. The molecule has 0 fully saturated rings. The minimum atomic E-state index is 0.263. The number of aromatic nitrogens is 1. The number of aryl methyl sites for hydroxylation is 1. The summed E-state index contributed by atoms with van der Waals surface area (Å²) >= 11 is 0. The van der Waals surface area contributed by atoms with Crippen molar-refractivity contribution < 1.29 is 5.11 Å². The van der Waals surface area contributed by atoms with Crippen LogP contribution in [-0.4, -0.2) is 16.1 Å². The van der Waals surface area contributed by atoms with Crippen LogP contribution in [-0.2, 0) is 6.54 Å². The Morgan fingerprint density at radius 3 is 2.77 bits per heavy atom. The topological polar surface area (TPSA) is 45.1 Å². The molecule has 3 heteroatoms. The molecule has 0 amide bonds. The van der Waals surface area contributed by atoms with Crippen molar-refractivity contribution in [3.63, 3.8) is 0 Å². The van der Waals surface area contributed by atoms with Gasteiger partial charge in [-0.3, -0.25) is 4.98 Å². The number of nitrogens with zero attached hydrogens (tertiary/aromatic N) is 1. The van der Waals surface area contributed by atoms with Crippen molar-refractivity contribution in [1.82, 2.24) is 10.3 Å². The van der Waals surface area contributed by atoms with E-state index >= 15 is 0 Å². The fourth-order valence-electron chi connectivity index (χ4n) is 1.03. The minimum Gasteiger partial charge on any atom is -0.506 e. The van der Waals surface area contributed by atoms with Crippen LogP contribution in [0.1, 0.15) is 25.2 Å². The molecule has 0 aliphatic rings. The molecule has 0 saturated carbocycles. The summed E-state index contributed by atoms with van der Waals surface area (Å²) in [6.45, 7) is 6.66. The van der Waals surface area contributed by atoms with E-state index in [0.717, 1.165) is 5.69 Å². The summed E-state index contributed by atoms with van der Waals surface area (Å²) in [5.41, 5.74) is 1.65. The van der Waals surface area contributed by atoms with Gasteiger partial charge in [-0.15, -0.1) is 0 Å². The predicted octanol–water partition coefficient (Wildman–Crippen LogP) is 1.59. The molecule has 0 aliphatic carbocycles. The highest BCUT2D eigenvalue weighted by atomic mass is 16.3. The van der Waals surface area contributed by atoms with Crippen molar-refractivity contribution in [1.29, 1.82) is 0 Å². The smallest absolute Gasteiger partial charge is 0.138 e. The zero-order chi connectivity index (χ0) is 9.84. The van der Waals surface area contributed by atoms with Gasteiger partial charge in [-0.1, -0.05) is 13.8 Å². The molecular weight excluding hydrogens is 164 g/mol. The van der Waals surface area contributed by atoms with Gasteiger partial charge < -0.3 is 10.4 Å². The Morgan fingerprint density at radius 1 is 1.46 bits per heavy atom. The van der Waals surface area contributed by atoms with Crippen LogP contribution < -0.4 is 5.32 Å². The molecule has 2 N–H and O–H groups in total. The molecule has 0 bridgehead atoms. The van der Waals surface area contributed by atoms with Gasteiger partial charge in [0.05, 0.1) is 5.69 Å². The fraction of sp³-hybridized carbons (Fsp3) is 0.500. The molecule has 1 aromatic heterocycles. The second kappa shape index (κ2) is 4.23. The lowest BCUT2D eigenvalue weighted by Gasteiger charge is -2.09. The number of nitrogens with one attached hydrogen (secondary N) is 1. The van der Waals surface area contributed by atoms with Gasteiger partial charge in [-0.05, 0) is 19.1 Å². The first kappa shape index (κ1) is 9.99. The van der Waals surface area contributed by atoms with Crippen LogP contribution in [0.15, 0.2) is 12.1 Å². The number of hydrogen-bond acceptors (Lipinski definition) is 3. The minimum absolute atomic E-state index is 0.263. The number of pyridine rings is 1. The Balaban J connectivity index is 2.70. The molecule has 72 valence electrons. The van der Waals surface area contributed by atoms with Gasteiger partial charge in [-0.25, -0.2) is 0 Å². The number of rotatable bonds is 3. The van der Waals surface area contributed by atoms with E-state index < -0.39 is 0 Å². The Kier molecular flexibility index (Phi) is 3.25.